The van der Waals surface area contributed by atoms with Gasteiger partial charge >= 0.3 is 12.0 Å². The summed E-state index contributed by atoms with van der Waals surface area (Å²) in [6.07, 6.45) is 0. The van der Waals surface area contributed by atoms with Gasteiger partial charge in [0.1, 0.15) is 6.54 Å². The Kier molecular flexibility index (Phi) is 7.18. The fraction of sp³-hybridized carbons (Fsp3) is 0.429. The molecule has 0 fully saturated rings. The van der Waals surface area contributed by atoms with Crippen LogP contribution in [-0.2, 0) is 9.53 Å². The summed E-state index contributed by atoms with van der Waals surface area (Å²) in [5.41, 5.74) is 0.930. The Hall–Kier alpha value is -1.60. The van der Waals surface area contributed by atoms with Crippen molar-refractivity contribution in [3.8, 4) is 0 Å². The van der Waals surface area contributed by atoms with E-state index < -0.39 is 12.0 Å². The van der Waals surface area contributed by atoms with E-state index in [0.717, 1.165) is 10.0 Å². The smallest absolute Gasteiger partial charge is 0.323 e. The minimum Gasteiger partial charge on any atom is -0.480 e. The van der Waals surface area contributed by atoms with Gasteiger partial charge in [-0.15, -0.1) is 0 Å². The van der Waals surface area contributed by atoms with E-state index in [1.54, 1.807) is 0 Å². The first-order chi connectivity index (χ1) is 9.93. The van der Waals surface area contributed by atoms with Gasteiger partial charge in [-0.3, -0.25) is 4.79 Å². The Balaban J connectivity index is 2.68. The molecule has 1 aromatic rings. The second-order valence-corrected chi connectivity index (χ2v) is 5.45. The summed E-state index contributed by atoms with van der Waals surface area (Å²) < 4.78 is 5.81. The predicted octanol–water partition coefficient (Wildman–Crippen LogP) is 2.25. The lowest BCUT2D eigenvalue weighted by Crippen LogP contribution is -2.45. The van der Waals surface area contributed by atoms with Crippen molar-refractivity contribution >= 4 is 27.9 Å². The zero-order valence-corrected chi connectivity index (χ0v) is 13.6. The summed E-state index contributed by atoms with van der Waals surface area (Å²) in [7, 11) is 1.50. The van der Waals surface area contributed by atoms with Crippen LogP contribution in [0.5, 0.6) is 0 Å². The van der Waals surface area contributed by atoms with E-state index in [2.05, 4.69) is 21.2 Å². The van der Waals surface area contributed by atoms with E-state index >= 15 is 0 Å². The monoisotopic (exact) mass is 358 g/mol. The van der Waals surface area contributed by atoms with Crippen LogP contribution in [0.15, 0.2) is 28.7 Å². The number of carbonyl (C=O) groups excluding carboxylic acids is 1. The highest BCUT2D eigenvalue weighted by molar-refractivity contribution is 9.10. The fourth-order valence-corrected chi connectivity index (χ4v) is 2.17. The van der Waals surface area contributed by atoms with Gasteiger partial charge in [-0.1, -0.05) is 28.1 Å². The van der Waals surface area contributed by atoms with Gasteiger partial charge in [-0.2, -0.15) is 0 Å². The first-order valence-corrected chi connectivity index (χ1v) is 7.25. The van der Waals surface area contributed by atoms with Gasteiger partial charge in [0.25, 0.3) is 0 Å². The largest absolute Gasteiger partial charge is 0.480 e. The number of benzene rings is 1. The second kappa shape index (κ2) is 8.63. The van der Waals surface area contributed by atoms with Gasteiger partial charge < -0.3 is 20.1 Å². The highest BCUT2D eigenvalue weighted by atomic mass is 79.9. The van der Waals surface area contributed by atoms with Crippen LogP contribution in [0.1, 0.15) is 18.5 Å². The molecule has 0 bridgehead atoms. The number of hydrogen-bond acceptors (Lipinski definition) is 3. The molecule has 2 N–H and O–H groups in total. The van der Waals surface area contributed by atoms with Gasteiger partial charge in [-0.05, 0) is 24.6 Å². The van der Waals surface area contributed by atoms with Gasteiger partial charge in [-0.25, -0.2) is 4.79 Å². The highest BCUT2D eigenvalue weighted by Gasteiger charge is 2.18. The van der Waals surface area contributed by atoms with Crippen LogP contribution in [0.2, 0.25) is 0 Å². The van der Waals surface area contributed by atoms with E-state index in [1.807, 2.05) is 31.2 Å². The van der Waals surface area contributed by atoms with Crippen LogP contribution in [-0.4, -0.2) is 48.8 Å². The van der Waals surface area contributed by atoms with Crippen molar-refractivity contribution in [2.75, 3.05) is 26.8 Å². The summed E-state index contributed by atoms with van der Waals surface area (Å²) in [4.78, 5) is 24.2. The number of rotatable bonds is 7. The minimum atomic E-state index is -1.06. The molecule has 1 aromatic carbocycles. The molecular formula is C14H19BrN2O4. The zero-order valence-electron chi connectivity index (χ0n) is 12.0. The number of halogens is 1. The number of aliphatic carboxylic acids is 1. The topological polar surface area (TPSA) is 78.9 Å². The number of hydrogen-bond donors (Lipinski definition) is 2. The zero-order chi connectivity index (χ0) is 15.8. The third-order valence-corrected chi connectivity index (χ3v) is 3.36. The van der Waals surface area contributed by atoms with Crippen LogP contribution >= 0.6 is 15.9 Å². The second-order valence-electron chi connectivity index (χ2n) is 4.53. The Morgan fingerprint density at radius 2 is 2.19 bits per heavy atom. The maximum Gasteiger partial charge on any atom is 0.323 e. The summed E-state index contributed by atoms with van der Waals surface area (Å²) in [5, 5.41) is 11.6. The van der Waals surface area contributed by atoms with Crippen molar-refractivity contribution in [3.63, 3.8) is 0 Å². The van der Waals surface area contributed by atoms with Crippen LogP contribution in [0.4, 0.5) is 4.79 Å². The number of nitrogens with zero attached hydrogens (tertiary/aromatic N) is 1. The molecule has 1 unspecified atom stereocenters. The van der Waals surface area contributed by atoms with Crippen molar-refractivity contribution in [1.29, 1.82) is 0 Å². The average molecular weight is 359 g/mol. The van der Waals surface area contributed by atoms with E-state index in [9.17, 15) is 9.59 Å². The maximum absolute atomic E-state index is 12.1. The molecule has 0 aliphatic heterocycles. The number of carboxylic acid groups (broad SMARTS) is 1. The van der Waals surface area contributed by atoms with E-state index in [0.29, 0.717) is 0 Å². The van der Waals surface area contributed by atoms with Crippen molar-refractivity contribution in [2.45, 2.75) is 13.0 Å². The summed E-state index contributed by atoms with van der Waals surface area (Å²) in [6, 6.07) is 6.92. The Bertz CT molecular complexity index is 496. The van der Waals surface area contributed by atoms with Crippen molar-refractivity contribution in [1.82, 2.24) is 10.2 Å². The molecule has 0 aliphatic rings. The molecular weight excluding hydrogens is 340 g/mol. The van der Waals surface area contributed by atoms with Crippen molar-refractivity contribution in [2.24, 2.45) is 0 Å². The molecule has 116 valence electrons. The molecule has 21 heavy (non-hydrogen) atoms. The lowest BCUT2D eigenvalue weighted by molar-refractivity contribution is -0.137. The molecule has 0 heterocycles. The normalized spacial score (nSPS) is 11.8. The first kappa shape index (κ1) is 17.5. The van der Waals surface area contributed by atoms with Crippen molar-refractivity contribution < 1.29 is 19.4 Å². The third-order valence-electron chi connectivity index (χ3n) is 2.87. The van der Waals surface area contributed by atoms with Crippen LogP contribution in [0.25, 0.3) is 0 Å². The molecule has 0 radical (unpaired) electrons. The fourth-order valence-electron chi connectivity index (χ4n) is 1.75. The third kappa shape index (κ3) is 6.14. The number of carboxylic acids is 1. The minimum absolute atomic E-state index is 0.222. The summed E-state index contributed by atoms with van der Waals surface area (Å²) in [6.45, 7) is 1.99. The molecule has 7 heteroatoms. The maximum atomic E-state index is 12.1. The van der Waals surface area contributed by atoms with E-state index in [1.165, 1.54) is 12.0 Å². The molecule has 0 aromatic heterocycles. The van der Waals surface area contributed by atoms with Gasteiger partial charge in [0.15, 0.2) is 0 Å². The van der Waals surface area contributed by atoms with Crippen LogP contribution in [0.3, 0.4) is 0 Å². The standard InChI is InChI=1S/C14H19BrN2O4/c1-10(11-4-3-5-12(15)8-11)16-14(20)17(6-7-21-2)9-13(18)19/h3-5,8,10H,6-7,9H2,1-2H3,(H,16,20)(H,18,19). The molecule has 0 saturated heterocycles. The molecule has 0 saturated carbocycles. The first-order valence-electron chi connectivity index (χ1n) is 6.45. The van der Waals surface area contributed by atoms with Gasteiger partial charge in [0, 0.05) is 18.1 Å². The average Bonchev–Trinajstić information content (AvgIpc) is 2.42. The Labute approximate surface area is 132 Å². The van der Waals surface area contributed by atoms with E-state index in [-0.39, 0.29) is 25.7 Å². The Morgan fingerprint density at radius 3 is 2.76 bits per heavy atom. The lowest BCUT2D eigenvalue weighted by atomic mass is 10.1. The lowest BCUT2D eigenvalue weighted by Gasteiger charge is -2.23. The van der Waals surface area contributed by atoms with E-state index in [4.69, 9.17) is 9.84 Å². The molecule has 0 spiro atoms. The van der Waals surface area contributed by atoms with Crippen LogP contribution < -0.4 is 5.32 Å². The summed E-state index contributed by atoms with van der Waals surface area (Å²) >= 11 is 3.38. The molecule has 2 amide bonds. The number of carbonyl (C=O) groups is 2. The number of ether oxygens (including phenoxy) is 1. The molecule has 0 aliphatic carbocycles. The number of methoxy groups -OCH3 is 1. The summed E-state index contributed by atoms with van der Waals surface area (Å²) in [5.74, 6) is -1.06. The number of nitrogens with one attached hydrogen (secondary N) is 1. The quantitative estimate of drug-likeness (QED) is 0.783. The highest BCUT2D eigenvalue weighted by Crippen LogP contribution is 2.18. The number of urea groups is 1. The SMILES string of the molecule is COCCN(CC(=O)O)C(=O)NC(C)c1cccc(Br)c1. The Morgan fingerprint density at radius 1 is 1.48 bits per heavy atom. The molecule has 6 nitrogen and oxygen atoms in total. The number of amides is 2. The molecule has 1 atom stereocenters. The van der Waals surface area contributed by atoms with Gasteiger partial charge in [0.05, 0.1) is 12.6 Å². The predicted molar refractivity (Wildman–Crippen MR) is 82.2 cm³/mol. The van der Waals surface area contributed by atoms with Crippen LogP contribution in [0, 0.1) is 0 Å². The van der Waals surface area contributed by atoms with Crippen molar-refractivity contribution in [3.05, 3.63) is 34.3 Å². The van der Waals surface area contributed by atoms with Gasteiger partial charge in [0.2, 0.25) is 0 Å². The molecule has 1 rings (SSSR count).